The first-order valence-electron chi connectivity index (χ1n) is 6.60. The van der Waals surface area contributed by atoms with Crippen LogP contribution in [0.3, 0.4) is 0 Å². The molecule has 0 N–H and O–H groups in total. The molecule has 0 aromatic carbocycles. The lowest BCUT2D eigenvalue weighted by Crippen LogP contribution is -2.19. The number of aromatic nitrogens is 1. The molecule has 94 valence electrons. The van der Waals surface area contributed by atoms with Crippen LogP contribution in [0.5, 0.6) is 0 Å². The number of fused-ring (bicyclic) bond motifs is 1. The Morgan fingerprint density at radius 1 is 1.47 bits per heavy atom. The highest BCUT2D eigenvalue weighted by Crippen LogP contribution is 2.38. The minimum atomic E-state index is 0.454. The molecule has 1 aromatic rings. The second-order valence-corrected chi connectivity index (χ2v) is 7.20. The van der Waals surface area contributed by atoms with E-state index in [1.54, 1.807) is 10.6 Å². The van der Waals surface area contributed by atoms with Gasteiger partial charge in [0.2, 0.25) is 0 Å². The van der Waals surface area contributed by atoms with Gasteiger partial charge in [0.05, 0.1) is 0 Å². The Balaban J connectivity index is 2.55. The van der Waals surface area contributed by atoms with Gasteiger partial charge < -0.3 is 4.57 Å². The first-order valence-corrected chi connectivity index (χ1v) is 7.42. The van der Waals surface area contributed by atoms with Gasteiger partial charge in [0.25, 0.3) is 0 Å². The summed E-state index contributed by atoms with van der Waals surface area (Å²) in [6.45, 7) is 6.92. The summed E-state index contributed by atoms with van der Waals surface area (Å²) in [4.78, 5) is 7.22. The van der Waals surface area contributed by atoms with E-state index in [4.69, 9.17) is 0 Å². The number of rotatable bonds is 1. The maximum absolute atomic E-state index is 4.46. The summed E-state index contributed by atoms with van der Waals surface area (Å²) in [5.41, 5.74) is 1.55. The predicted octanol–water partition coefficient (Wildman–Crippen LogP) is 2.35. The predicted molar refractivity (Wildman–Crippen MR) is 77.7 cm³/mol. The van der Waals surface area contributed by atoms with Crippen molar-refractivity contribution in [3.63, 3.8) is 0 Å². The molecule has 0 amide bonds. The lowest BCUT2D eigenvalue weighted by Gasteiger charge is -2.21. The first-order chi connectivity index (χ1) is 7.94. The second kappa shape index (κ2) is 4.64. The van der Waals surface area contributed by atoms with E-state index in [1.807, 2.05) is 18.4 Å². The van der Waals surface area contributed by atoms with Crippen molar-refractivity contribution in [2.24, 2.45) is 4.99 Å². The summed E-state index contributed by atoms with van der Waals surface area (Å²) >= 11 is 1.90. The maximum Gasteiger partial charge on any atom is 0.185 e. The summed E-state index contributed by atoms with van der Waals surface area (Å²) in [7, 11) is 4.31. The Bertz CT molecular complexity index is 468. The van der Waals surface area contributed by atoms with Crippen LogP contribution in [0.2, 0.25) is 5.31 Å². The van der Waals surface area contributed by atoms with Crippen molar-refractivity contribution in [1.29, 1.82) is 0 Å². The monoisotopic (exact) mass is 250 g/mol. The lowest BCUT2D eigenvalue weighted by molar-refractivity contribution is 0.536. The van der Waals surface area contributed by atoms with Crippen molar-refractivity contribution in [3.8, 4) is 0 Å². The normalized spacial score (nSPS) is 26.1. The highest BCUT2D eigenvalue weighted by atomic mass is 32.1. The van der Waals surface area contributed by atoms with Gasteiger partial charge in [-0.3, -0.25) is 4.99 Å². The highest BCUT2D eigenvalue weighted by molar-refractivity contribution is 7.09. The summed E-state index contributed by atoms with van der Waals surface area (Å²) in [5.74, 6) is 0. The van der Waals surface area contributed by atoms with Gasteiger partial charge in [-0.2, -0.15) is 0 Å². The Morgan fingerprint density at radius 2 is 2.18 bits per heavy atom. The Morgan fingerprint density at radius 3 is 2.76 bits per heavy atom. The molecule has 2 nitrogen and oxygen atoms in total. The van der Waals surface area contributed by atoms with Gasteiger partial charge in [0, 0.05) is 23.7 Å². The summed E-state index contributed by atoms with van der Waals surface area (Å²) in [6.07, 6.45) is 5.09. The number of hydrogen-bond acceptors (Lipinski definition) is 2. The quantitative estimate of drug-likeness (QED) is 0.538. The standard InChI is InChI=1S/C13H23BN2S/c1-9(2)16-10-6-5-7-13(3,14)8-11(10)17-12(16)15-4/h9H,5-8,14H2,1-4H3/b15-12+. The van der Waals surface area contributed by atoms with E-state index < -0.39 is 0 Å². The fraction of sp³-hybridized carbons (Fsp3) is 0.769. The highest BCUT2D eigenvalue weighted by Gasteiger charge is 2.27. The van der Waals surface area contributed by atoms with Crippen LogP contribution < -0.4 is 4.80 Å². The molecule has 1 aliphatic carbocycles. The van der Waals surface area contributed by atoms with Crippen molar-refractivity contribution in [1.82, 2.24) is 4.57 Å². The number of hydrogen-bond donors (Lipinski definition) is 0. The molecular formula is C13H23BN2S. The summed E-state index contributed by atoms with van der Waals surface area (Å²) in [5, 5.41) is 0.454. The first kappa shape index (κ1) is 12.9. The average molecular weight is 250 g/mol. The smallest absolute Gasteiger partial charge is 0.185 e. The number of thiazole rings is 1. The molecule has 1 atom stereocenters. The minimum Gasteiger partial charge on any atom is -0.318 e. The lowest BCUT2D eigenvalue weighted by atomic mass is 9.66. The molecule has 4 heteroatoms. The van der Waals surface area contributed by atoms with Crippen LogP contribution in [0.4, 0.5) is 0 Å². The van der Waals surface area contributed by atoms with E-state index in [0.29, 0.717) is 11.4 Å². The Labute approximate surface area is 109 Å². The molecule has 2 rings (SSSR count). The molecule has 1 aliphatic rings. The van der Waals surface area contributed by atoms with Crippen molar-refractivity contribution >= 4 is 19.2 Å². The molecule has 0 fully saturated rings. The van der Waals surface area contributed by atoms with Crippen LogP contribution in [0.1, 0.15) is 50.2 Å². The molecule has 1 heterocycles. The number of nitrogens with zero attached hydrogens (tertiary/aromatic N) is 2. The van der Waals surface area contributed by atoms with Gasteiger partial charge in [-0.25, -0.2) is 0 Å². The maximum atomic E-state index is 4.46. The van der Waals surface area contributed by atoms with Crippen molar-refractivity contribution in [2.75, 3.05) is 7.05 Å². The zero-order valence-electron chi connectivity index (χ0n) is 11.7. The van der Waals surface area contributed by atoms with Crippen LogP contribution in [-0.2, 0) is 12.8 Å². The van der Waals surface area contributed by atoms with E-state index >= 15 is 0 Å². The van der Waals surface area contributed by atoms with Crippen LogP contribution in [-0.4, -0.2) is 19.5 Å². The second-order valence-electron chi connectivity index (χ2n) is 6.14. The molecule has 0 spiro atoms. The molecule has 1 aromatic heterocycles. The van der Waals surface area contributed by atoms with Gasteiger partial charge in [0.1, 0.15) is 7.85 Å². The molecule has 0 aliphatic heterocycles. The Kier molecular flexibility index (Phi) is 3.53. The summed E-state index contributed by atoms with van der Waals surface area (Å²) < 4.78 is 2.45. The third kappa shape index (κ3) is 2.52. The fourth-order valence-electron chi connectivity index (χ4n) is 2.81. The SMILES string of the molecule is BC1(C)CCCc2c(s/c(=N/C)n2C(C)C)C1. The Hall–Kier alpha value is -0.505. The van der Waals surface area contributed by atoms with E-state index in [2.05, 4.69) is 38.2 Å². The molecule has 17 heavy (non-hydrogen) atoms. The topological polar surface area (TPSA) is 17.3 Å². The molecule has 1 unspecified atom stereocenters. The van der Waals surface area contributed by atoms with Crippen molar-refractivity contribution < 1.29 is 0 Å². The molecule has 0 saturated heterocycles. The van der Waals surface area contributed by atoms with Gasteiger partial charge in [-0.15, -0.1) is 11.3 Å². The zero-order chi connectivity index (χ0) is 12.6. The third-order valence-electron chi connectivity index (χ3n) is 3.65. The molecular weight excluding hydrogens is 227 g/mol. The van der Waals surface area contributed by atoms with E-state index in [9.17, 15) is 0 Å². The van der Waals surface area contributed by atoms with Gasteiger partial charge in [-0.05, 0) is 33.1 Å². The van der Waals surface area contributed by atoms with Gasteiger partial charge >= 0.3 is 0 Å². The van der Waals surface area contributed by atoms with Crippen LogP contribution in [0, 0.1) is 0 Å². The molecule has 0 bridgehead atoms. The van der Waals surface area contributed by atoms with Crippen molar-refractivity contribution in [3.05, 3.63) is 15.4 Å². The van der Waals surface area contributed by atoms with E-state index in [0.717, 1.165) is 0 Å². The van der Waals surface area contributed by atoms with E-state index in [1.165, 1.54) is 30.5 Å². The van der Waals surface area contributed by atoms with Gasteiger partial charge in [-0.1, -0.05) is 18.7 Å². The third-order valence-corrected chi connectivity index (χ3v) is 4.84. The van der Waals surface area contributed by atoms with Crippen LogP contribution >= 0.6 is 11.3 Å². The van der Waals surface area contributed by atoms with Crippen molar-refractivity contribution in [2.45, 2.75) is 57.8 Å². The van der Waals surface area contributed by atoms with Gasteiger partial charge in [0.15, 0.2) is 4.80 Å². The minimum absolute atomic E-state index is 0.454. The summed E-state index contributed by atoms with van der Waals surface area (Å²) in [6, 6.07) is 0.523. The fourth-order valence-corrected chi connectivity index (χ4v) is 4.32. The van der Waals surface area contributed by atoms with Crippen LogP contribution in [0.25, 0.3) is 0 Å². The average Bonchev–Trinajstić information content (AvgIpc) is 2.48. The van der Waals surface area contributed by atoms with Crippen LogP contribution in [0.15, 0.2) is 4.99 Å². The molecule has 0 saturated carbocycles. The van der Waals surface area contributed by atoms with E-state index in [-0.39, 0.29) is 0 Å². The molecule has 0 radical (unpaired) electrons. The zero-order valence-corrected chi connectivity index (χ0v) is 12.5. The largest absolute Gasteiger partial charge is 0.318 e.